The first-order valence-electron chi connectivity index (χ1n) is 6.90. The van der Waals surface area contributed by atoms with Crippen LogP contribution >= 0.6 is 0 Å². The molecule has 0 aromatic carbocycles. The lowest BCUT2D eigenvalue weighted by Crippen LogP contribution is -2.44. The van der Waals surface area contributed by atoms with Crippen molar-refractivity contribution in [2.24, 2.45) is 0 Å². The lowest BCUT2D eigenvalue weighted by molar-refractivity contribution is -0.145. The molecule has 3 amide bonds. The summed E-state index contributed by atoms with van der Waals surface area (Å²) in [5.74, 6) is -0.703. The van der Waals surface area contributed by atoms with E-state index >= 15 is 0 Å². The molecule has 21 heavy (non-hydrogen) atoms. The zero-order valence-corrected chi connectivity index (χ0v) is 12.5. The molecule has 2 N–H and O–H groups in total. The number of imide groups is 1. The van der Waals surface area contributed by atoms with E-state index in [1.807, 2.05) is 0 Å². The Balaban J connectivity index is 1.97. The second-order valence-corrected chi connectivity index (χ2v) is 5.94. The maximum Gasteiger partial charge on any atom is 0.325 e. The zero-order chi connectivity index (χ0) is 15.8. The fourth-order valence-electron chi connectivity index (χ4n) is 2.76. The van der Waals surface area contributed by atoms with Crippen LogP contribution in [0.25, 0.3) is 0 Å². The summed E-state index contributed by atoms with van der Waals surface area (Å²) in [5, 5.41) is 12.3. The molecule has 0 aliphatic carbocycles. The molecule has 2 heterocycles. The number of methoxy groups -OCH3 is 1. The van der Waals surface area contributed by atoms with Crippen LogP contribution < -0.4 is 5.32 Å². The van der Waals surface area contributed by atoms with E-state index in [4.69, 9.17) is 4.74 Å². The van der Waals surface area contributed by atoms with Gasteiger partial charge in [0.05, 0.1) is 13.2 Å². The Morgan fingerprint density at radius 1 is 1.43 bits per heavy atom. The molecular weight excluding hydrogens is 278 g/mol. The first-order valence-corrected chi connectivity index (χ1v) is 6.90. The van der Waals surface area contributed by atoms with E-state index < -0.39 is 29.7 Å². The molecule has 8 nitrogen and oxygen atoms in total. The number of aliphatic hydroxyl groups is 1. The van der Waals surface area contributed by atoms with Crippen LogP contribution in [-0.2, 0) is 14.3 Å². The van der Waals surface area contributed by atoms with Crippen molar-refractivity contribution in [3.63, 3.8) is 0 Å². The Kier molecular flexibility index (Phi) is 4.20. The summed E-state index contributed by atoms with van der Waals surface area (Å²) in [4.78, 5) is 38.4. The molecule has 0 saturated carbocycles. The smallest absolute Gasteiger partial charge is 0.325 e. The topological polar surface area (TPSA) is 99.2 Å². The number of nitrogens with one attached hydrogen (secondary N) is 1. The Bertz CT molecular complexity index is 465. The molecule has 2 atom stereocenters. The van der Waals surface area contributed by atoms with Crippen molar-refractivity contribution in [2.45, 2.75) is 38.0 Å². The largest absolute Gasteiger partial charge is 0.468 e. The molecule has 2 saturated heterocycles. The molecule has 118 valence electrons. The molecule has 2 aliphatic rings. The number of hydrogen-bond donors (Lipinski definition) is 2. The van der Waals surface area contributed by atoms with Gasteiger partial charge in [0.25, 0.3) is 5.91 Å². The highest BCUT2D eigenvalue weighted by molar-refractivity contribution is 6.06. The second kappa shape index (κ2) is 5.61. The van der Waals surface area contributed by atoms with E-state index in [-0.39, 0.29) is 12.5 Å². The SMILES string of the molecule is COC(=O)C1CC(O)CN1CCN1C(=O)NC(C)(C)C1=O. The summed E-state index contributed by atoms with van der Waals surface area (Å²) in [6.07, 6.45) is -0.299. The van der Waals surface area contributed by atoms with Gasteiger partial charge < -0.3 is 15.2 Å². The van der Waals surface area contributed by atoms with Gasteiger partial charge in [0.2, 0.25) is 0 Å². The van der Waals surface area contributed by atoms with Crippen LogP contribution in [0.3, 0.4) is 0 Å². The molecule has 0 radical (unpaired) electrons. The molecule has 8 heteroatoms. The predicted molar refractivity (Wildman–Crippen MR) is 72.3 cm³/mol. The number of urea groups is 1. The molecule has 0 aromatic rings. The van der Waals surface area contributed by atoms with Crippen molar-refractivity contribution in [1.82, 2.24) is 15.1 Å². The monoisotopic (exact) mass is 299 g/mol. The molecule has 2 unspecified atom stereocenters. The minimum Gasteiger partial charge on any atom is -0.468 e. The number of carbonyl (C=O) groups is 3. The number of hydrogen-bond acceptors (Lipinski definition) is 6. The maximum atomic E-state index is 12.1. The van der Waals surface area contributed by atoms with Gasteiger partial charge in [-0.25, -0.2) is 4.79 Å². The van der Waals surface area contributed by atoms with Gasteiger partial charge >= 0.3 is 12.0 Å². The average molecular weight is 299 g/mol. The Morgan fingerprint density at radius 2 is 2.10 bits per heavy atom. The van der Waals surface area contributed by atoms with Gasteiger partial charge in [-0.3, -0.25) is 19.4 Å². The fraction of sp³-hybridized carbons (Fsp3) is 0.769. The van der Waals surface area contributed by atoms with E-state index in [0.717, 1.165) is 4.90 Å². The summed E-state index contributed by atoms with van der Waals surface area (Å²) in [5.41, 5.74) is -0.899. The molecular formula is C13H21N3O5. The van der Waals surface area contributed by atoms with Crippen LogP contribution in [0.1, 0.15) is 20.3 Å². The molecule has 0 aromatic heterocycles. The number of nitrogens with zero attached hydrogens (tertiary/aromatic N) is 2. The quantitative estimate of drug-likeness (QED) is 0.506. The van der Waals surface area contributed by atoms with Crippen LogP contribution in [0.4, 0.5) is 4.79 Å². The number of ether oxygens (including phenoxy) is 1. The maximum absolute atomic E-state index is 12.1. The third kappa shape index (κ3) is 3.01. The van der Waals surface area contributed by atoms with Crippen molar-refractivity contribution in [1.29, 1.82) is 0 Å². The minimum atomic E-state index is -0.899. The first kappa shape index (κ1) is 15.7. The van der Waals surface area contributed by atoms with Gasteiger partial charge in [-0.05, 0) is 13.8 Å². The minimum absolute atomic E-state index is 0.175. The number of β-amino-alcohol motifs (C(OH)–C–C–N with tert-alkyl or cyclic N) is 1. The van der Waals surface area contributed by atoms with Crippen LogP contribution in [0.15, 0.2) is 0 Å². The molecule has 2 aliphatic heterocycles. The van der Waals surface area contributed by atoms with Crippen LogP contribution in [0.2, 0.25) is 0 Å². The van der Waals surface area contributed by atoms with Crippen LogP contribution in [-0.4, -0.2) is 77.2 Å². The van der Waals surface area contributed by atoms with Gasteiger partial charge in [-0.2, -0.15) is 0 Å². The number of rotatable bonds is 4. The van der Waals surface area contributed by atoms with Gasteiger partial charge in [0.1, 0.15) is 11.6 Å². The second-order valence-electron chi connectivity index (χ2n) is 5.94. The van der Waals surface area contributed by atoms with Crippen molar-refractivity contribution in [2.75, 3.05) is 26.7 Å². The van der Waals surface area contributed by atoms with E-state index in [9.17, 15) is 19.5 Å². The number of esters is 1. The lowest BCUT2D eigenvalue weighted by Gasteiger charge is -2.24. The predicted octanol–water partition coefficient (Wildman–Crippen LogP) is -1.07. The number of amides is 3. The van der Waals surface area contributed by atoms with E-state index in [0.29, 0.717) is 19.5 Å². The zero-order valence-electron chi connectivity index (χ0n) is 12.5. The first-order chi connectivity index (χ1) is 9.76. The number of aliphatic hydroxyl groups excluding tert-OH is 1. The third-order valence-electron chi connectivity index (χ3n) is 3.91. The highest BCUT2D eigenvalue weighted by Gasteiger charge is 2.45. The molecule has 2 rings (SSSR count). The Morgan fingerprint density at radius 3 is 2.62 bits per heavy atom. The summed E-state index contributed by atoms with van der Waals surface area (Å²) in [7, 11) is 1.30. The summed E-state index contributed by atoms with van der Waals surface area (Å²) in [6.45, 7) is 4.11. The standard InChI is InChI=1S/C13H21N3O5/c1-13(2)11(19)16(12(20)14-13)5-4-15-7-8(17)6-9(15)10(18)21-3/h8-9,17H,4-7H2,1-3H3,(H,14,20). The fourth-order valence-corrected chi connectivity index (χ4v) is 2.76. The van der Waals surface area contributed by atoms with Crippen molar-refractivity contribution in [3.05, 3.63) is 0 Å². The molecule has 0 bridgehead atoms. The number of likely N-dealkylation sites (tertiary alicyclic amines) is 1. The highest BCUT2D eigenvalue weighted by atomic mass is 16.5. The Hall–Kier alpha value is -1.67. The van der Waals surface area contributed by atoms with Crippen molar-refractivity contribution < 1.29 is 24.2 Å². The van der Waals surface area contributed by atoms with Crippen LogP contribution in [0, 0.1) is 0 Å². The Labute approximate surface area is 123 Å². The van der Waals surface area contributed by atoms with Gasteiger partial charge in [-0.15, -0.1) is 0 Å². The highest BCUT2D eigenvalue weighted by Crippen LogP contribution is 2.20. The van der Waals surface area contributed by atoms with Crippen molar-refractivity contribution in [3.8, 4) is 0 Å². The van der Waals surface area contributed by atoms with Gasteiger partial charge in [-0.1, -0.05) is 0 Å². The van der Waals surface area contributed by atoms with E-state index in [1.165, 1.54) is 7.11 Å². The van der Waals surface area contributed by atoms with Gasteiger partial charge in [0, 0.05) is 26.1 Å². The molecule has 0 spiro atoms. The normalized spacial score (nSPS) is 28.9. The summed E-state index contributed by atoms with van der Waals surface area (Å²) >= 11 is 0. The van der Waals surface area contributed by atoms with Crippen LogP contribution in [0.5, 0.6) is 0 Å². The van der Waals surface area contributed by atoms with E-state index in [1.54, 1.807) is 18.7 Å². The van der Waals surface area contributed by atoms with Gasteiger partial charge in [0.15, 0.2) is 0 Å². The van der Waals surface area contributed by atoms with E-state index in [2.05, 4.69) is 5.32 Å². The molecule has 2 fully saturated rings. The summed E-state index contributed by atoms with van der Waals surface area (Å²) < 4.78 is 4.71. The lowest BCUT2D eigenvalue weighted by atomic mass is 10.1. The van der Waals surface area contributed by atoms with Crippen molar-refractivity contribution >= 4 is 17.9 Å². The average Bonchev–Trinajstić information content (AvgIpc) is 2.86. The summed E-state index contributed by atoms with van der Waals surface area (Å²) in [6, 6.07) is -0.960. The third-order valence-corrected chi connectivity index (χ3v) is 3.91. The number of carbonyl (C=O) groups excluding carboxylic acids is 3.